The van der Waals surface area contributed by atoms with Crippen LogP contribution < -0.4 is 14.2 Å². The molecule has 0 aliphatic heterocycles. The first kappa shape index (κ1) is 15.5. The van der Waals surface area contributed by atoms with E-state index in [9.17, 15) is 8.42 Å². The van der Waals surface area contributed by atoms with Gasteiger partial charge in [0.25, 0.3) is 0 Å². The predicted molar refractivity (Wildman–Crippen MR) is 82.8 cm³/mol. The summed E-state index contributed by atoms with van der Waals surface area (Å²) >= 11 is 5.41. The van der Waals surface area contributed by atoms with E-state index in [4.69, 9.17) is 21.1 Å². The van der Waals surface area contributed by atoms with Crippen molar-refractivity contribution in [2.75, 3.05) is 17.0 Å². The van der Waals surface area contributed by atoms with Gasteiger partial charge in [0, 0.05) is 6.07 Å². The summed E-state index contributed by atoms with van der Waals surface area (Å²) in [5.74, 6) is 1.45. The topological polar surface area (TPSA) is 64.6 Å². The van der Waals surface area contributed by atoms with Crippen LogP contribution in [0.2, 0.25) is 0 Å². The number of alkyl halides is 1. The molecular weight excluding hydrogens is 314 g/mol. The predicted octanol–water partition coefficient (Wildman–Crippen LogP) is 3.43. The minimum Gasteiger partial charge on any atom is -0.497 e. The first-order valence-electron chi connectivity index (χ1n) is 6.01. The zero-order valence-corrected chi connectivity index (χ0v) is 12.8. The summed E-state index contributed by atoms with van der Waals surface area (Å²) in [5, 5.41) is -0.547. The second kappa shape index (κ2) is 6.69. The number of ether oxygens (including phenoxy) is 2. The quantitative estimate of drug-likeness (QED) is 0.826. The Morgan fingerprint density at radius 3 is 2.43 bits per heavy atom. The monoisotopic (exact) mass is 327 g/mol. The molecule has 0 unspecified atom stereocenters. The van der Waals surface area contributed by atoms with E-state index in [0.29, 0.717) is 17.2 Å². The Morgan fingerprint density at radius 1 is 1.10 bits per heavy atom. The van der Waals surface area contributed by atoms with E-state index in [1.54, 1.807) is 24.3 Å². The first-order valence-corrected chi connectivity index (χ1v) is 8.20. The lowest BCUT2D eigenvalue weighted by atomic mass is 10.2. The maximum atomic E-state index is 11.6. The molecule has 0 aliphatic rings. The number of hydrogen-bond donors (Lipinski definition) is 1. The third-order valence-corrected chi connectivity index (χ3v) is 4.25. The molecule has 0 saturated heterocycles. The molecule has 5 nitrogen and oxygen atoms in total. The van der Waals surface area contributed by atoms with Crippen LogP contribution in [0.15, 0.2) is 48.5 Å². The number of anilines is 1. The van der Waals surface area contributed by atoms with Crippen molar-refractivity contribution in [2.24, 2.45) is 0 Å². The normalized spacial score (nSPS) is 11.0. The van der Waals surface area contributed by atoms with Gasteiger partial charge < -0.3 is 9.47 Å². The van der Waals surface area contributed by atoms with Gasteiger partial charge in [-0.15, -0.1) is 11.6 Å². The molecule has 0 amide bonds. The fourth-order valence-corrected chi connectivity index (χ4v) is 2.33. The van der Waals surface area contributed by atoms with Gasteiger partial charge in [-0.05, 0) is 24.3 Å². The number of sulfonamides is 1. The Morgan fingerprint density at radius 2 is 1.81 bits per heavy atom. The van der Waals surface area contributed by atoms with Gasteiger partial charge in [0.05, 0.1) is 12.8 Å². The van der Waals surface area contributed by atoms with Crippen molar-refractivity contribution >= 4 is 27.3 Å². The number of nitrogens with one attached hydrogen (secondary N) is 1. The number of hydrogen-bond acceptors (Lipinski definition) is 4. The van der Waals surface area contributed by atoms with Gasteiger partial charge in [-0.25, -0.2) is 8.42 Å². The van der Waals surface area contributed by atoms with Crippen molar-refractivity contribution in [1.29, 1.82) is 0 Å². The lowest BCUT2D eigenvalue weighted by Crippen LogP contribution is -2.14. The second-order valence-corrected chi connectivity index (χ2v) is 6.41. The molecule has 0 atom stereocenters. The van der Waals surface area contributed by atoms with E-state index in [2.05, 4.69) is 4.72 Å². The standard InChI is InChI=1S/C14H14ClNO4S/c1-19-12-7-8-14(20-11-5-3-2-4-6-11)13(9-12)16-21(17,18)10-15/h2-9,16H,10H2,1H3. The summed E-state index contributed by atoms with van der Waals surface area (Å²) in [6.45, 7) is 0. The lowest BCUT2D eigenvalue weighted by Gasteiger charge is -2.13. The van der Waals surface area contributed by atoms with Gasteiger partial charge in [-0.2, -0.15) is 0 Å². The van der Waals surface area contributed by atoms with Crippen molar-refractivity contribution < 1.29 is 17.9 Å². The highest BCUT2D eigenvalue weighted by Crippen LogP contribution is 2.33. The van der Waals surface area contributed by atoms with Gasteiger partial charge in [-0.3, -0.25) is 4.72 Å². The molecule has 2 aromatic rings. The van der Waals surface area contributed by atoms with Crippen molar-refractivity contribution in [2.45, 2.75) is 0 Å². The van der Waals surface area contributed by atoms with E-state index in [1.807, 2.05) is 18.2 Å². The van der Waals surface area contributed by atoms with Crippen LogP contribution in [0.5, 0.6) is 17.2 Å². The van der Waals surface area contributed by atoms with Crippen LogP contribution >= 0.6 is 11.6 Å². The molecule has 0 fully saturated rings. The zero-order valence-electron chi connectivity index (χ0n) is 11.2. The molecule has 0 radical (unpaired) electrons. The van der Waals surface area contributed by atoms with Crippen LogP contribution in [0.25, 0.3) is 0 Å². The number of benzene rings is 2. The Hall–Kier alpha value is -1.92. The smallest absolute Gasteiger partial charge is 0.246 e. The fraction of sp³-hybridized carbons (Fsp3) is 0.143. The number of methoxy groups -OCH3 is 1. The number of halogens is 1. The highest BCUT2D eigenvalue weighted by atomic mass is 35.5. The molecule has 2 aromatic carbocycles. The molecule has 1 N–H and O–H groups in total. The minimum atomic E-state index is -3.63. The van der Waals surface area contributed by atoms with Crippen molar-refractivity contribution in [3.05, 3.63) is 48.5 Å². The van der Waals surface area contributed by atoms with Crippen LogP contribution in [-0.2, 0) is 10.0 Å². The summed E-state index contributed by atoms with van der Waals surface area (Å²) in [4.78, 5) is 0. The summed E-state index contributed by atoms with van der Waals surface area (Å²) < 4.78 is 36.4. The summed E-state index contributed by atoms with van der Waals surface area (Å²) in [5.41, 5.74) is 0.263. The van der Waals surface area contributed by atoms with Crippen LogP contribution in [0.3, 0.4) is 0 Å². The van der Waals surface area contributed by atoms with Crippen molar-refractivity contribution in [3.8, 4) is 17.2 Å². The Labute approximate surface area is 128 Å². The van der Waals surface area contributed by atoms with Gasteiger partial charge in [0.15, 0.2) is 5.75 Å². The molecule has 0 spiro atoms. The third-order valence-electron chi connectivity index (χ3n) is 2.57. The second-order valence-electron chi connectivity index (χ2n) is 4.10. The molecule has 112 valence electrons. The molecule has 2 rings (SSSR count). The summed E-state index contributed by atoms with van der Waals surface area (Å²) in [6.07, 6.45) is 0. The van der Waals surface area contributed by atoms with E-state index in [1.165, 1.54) is 13.2 Å². The van der Waals surface area contributed by atoms with E-state index in [0.717, 1.165) is 0 Å². The van der Waals surface area contributed by atoms with Crippen LogP contribution in [0.4, 0.5) is 5.69 Å². The maximum absolute atomic E-state index is 11.6. The highest BCUT2D eigenvalue weighted by Gasteiger charge is 2.14. The number of para-hydroxylation sites is 1. The van der Waals surface area contributed by atoms with Crippen LogP contribution in [-0.4, -0.2) is 20.7 Å². The van der Waals surface area contributed by atoms with E-state index in [-0.39, 0.29) is 5.69 Å². The van der Waals surface area contributed by atoms with Crippen LogP contribution in [0.1, 0.15) is 0 Å². The largest absolute Gasteiger partial charge is 0.497 e. The molecule has 7 heteroatoms. The average molecular weight is 328 g/mol. The lowest BCUT2D eigenvalue weighted by molar-refractivity contribution is 0.413. The summed E-state index contributed by atoms with van der Waals surface area (Å²) in [7, 11) is -2.14. The highest BCUT2D eigenvalue weighted by molar-refractivity contribution is 7.93. The average Bonchev–Trinajstić information content (AvgIpc) is 2.50. The Kier molecular flexibility index (Phi) is 4.93. The first-order chi connectivity index (χ1) is 10.0. The SMILES string of the molecule is COc1ccc(Oc2ccccc2)c(NS(=O)(=O)CCl)c1. The minimum absolute atomic E-state index is 0.263. The van der Waals surface area contributed by atoms with Crippen molar-refractivity contribution in [1.82, 2.24) is 0 Å². The van der Waals surface area contributed by atoms with E-state index < -0.39 is 15.2 Å². The molecule has 0 aliphatic carbocycles. The summed E-state index contributed by atoms with van der Waals surface area (Å²) in [6, 6.07) is 13.9. The Bertz CT molecular complexity index is 704. The molecule has 0 saturated carbocycles. The third kappa shape index (κ3) is 4.27. The van der Waals surface area contributed by atoms with Crippen molar-refractivity contribution in [3.63, 3.8) is 0 Å². The Balaban J connectivity index is 2.36. The van der Waals surface area contributed by atoms with Crippen LogP contribution in [0, 0.1) is 0 Å². The fourth-order valence-electron chi connectivity index (χ4n) is 1.62. The van der Waals surface area contributed by atoms with Gasteiger partial charge in [0.1, 0.15) is 16.7 Å². The van der Waals surface area contributed by atoms with Gasteiger partial charge in [0.2, 0.25) is 10.0 Å². The number of rotatable bonds is 6. The molecular formula is C14H14ClNO4S. The van der Waals surface area contributed by atoms with Gasteiger partial charge >= 0.3 is 0 Å². The zero-order chi connectivity index (χ0) is 15.3. The molecule has 0 aromatic heterocycles. The van der Waals surface area contributed by atoms with Gasteiger partial charge in [-0.1, -0.05) is 18.2 Å². The maximum Gasteiger partial charge on any atom is 0.246 e. The molecule has 0 heterocycles. The molecule has 21 heavy (non-hydrogen) atoms. The van der Waals surface area contributed by atoms with E-state index >= 15 is 0 Å². The molecule has 0 bridgehead atoms.